The molecule has 158 valence electrons. The van der Waals surface area contributed by atoms with Crippen molar-refractivity contribution in [3.63, 3.8) is 0 Å². The van der Waals surface area contributed by atoms with E-state index in [0.29, 0.717) is 13.0 Å². The average molecular weight is 416 g/mol. The number of carbonyl (C=O) groups is 2. The highest BCUT2D eigenvalue weighted by Gasteiger charge is 2.35. The first-order valence-electron chi connectivity index (χ1n) is 10.1. The van der Waals surface area contributed by atoms with Gasteiger partial charge in [0.25, 0.3) is 0 Å². The van der Waals surface area contributed by atoms with Gasteiger partial charge < -0.3 is 20.7 Å². The molecule has 4 aromatic rings. The third kappa shape index (κ3) is 4.50. The quantitative estimate of drug-likeness (QED) is 0.369. The molecular weight excluding hydrogens is 392 g/mol. The van der Waals surface area contributed by atoms with E-state index in [4.69, 9.17) is 0 Å². The molecule has 4 N–H and O–H groups in total. The van der Waals surface area contributed by atoms with E-state index in [1.54, 1.807) is 6.92 Å². The van der Waals surface area contributed by atoms with Crippen molar-refractivity contribution in [2.24, 2.45) is 0 Å². The number of H-pyrrole nitrogens is 1. The molecule has 7 heteroatoms. The molecule has 1 unspecified atom stereocenters. The third-order valence-electron chi connectivity index (χ3n) is 5.43. The fraction of sp³-hybridized carbons (Fsp3) is 0.208. The maximum atomic E-state index is 13.0. The molecule has 4 rings (SSSR count). The van der Waals surface area contributed by atoms with Gasteiger partial charge in [-0.05, 0) is 30.7 Å². The van der Waals surface area contributed by atoms with Gasteiger partial charge in [0.2, 0.25) is 5.91 Å². The highest BCUT2D eigenvalue weighted by molar-refractivity contribution is 5.91. The fourth-order valence-electron chi connectivity index (χ4n) is 3.82. The van der Waals surface area contributed by atoms with Gasteiger partial charge in [-0.15, -0.1) is 0 Å². The second-order valence-electron chi connectivity index (χ2n) is 7.80. The van der Waals surface area contributed by atoms with Crippen molar-refractivity contribution < 1.29 is 14.7 Å². The Balaban J connectivity index is 1.46. The smallest absolute Gasteiger partial charge is 0.405 e. The summed E-state index contributed by atoms with van der Waals surface area (Å²) in [7, 11) is 0. The SMILES string of the molecule is CC(Cc1c[nH]c2ccccc12)(NC(=O)O)C(=O)NCCc1ccc2ccccc2n1. The Morgan fingerprint density at radius 3 is 2.68 bits per heavy atom. The third-order valence-corrected chi connectivity index (χ3v) is 5.43. The lowest BCUT2D eigenvalue weighted by Crippen LogP contribution is -2.58. The normalized spacial score (nSPS) is 13.1. The summed E-state index contributed by atoms with van der Waals surface area (Å²) in [6.45, 7) is 1.96. The Labute approximate surface area is 179 Å². The lowest BCUT2D eigenvalue weighted by molar-refractivity contribution is -0.126. The van der Waals surface area contributed by atoms with Gasteiger partial charge in [0, 0.05) is 47.6 Å². The molecule has 0 aliphatic rings. The van der Waals surface area contributed by atoms with Crippen LogP contribution >= 0.6 is 0 Å². The summed E-state index contributed by atoms with van der Waals surface area (Å²) in [5.74, 6) is -0.374. The molecule has 31 heavy (non-hydrogen) atoms. The first-order valence-corrected chi connectivity index (χ1v) is 10.1. The number of pyridine rings is 1. The van der Waals surface area contributed by atoms with E-state index < -0.39 is 11.6 Å². The van der Waals surface area contributed by atoms with Crippen molar-refractivity contribution in [2.45, 2.75) is 25.3 Å². The Morgan fingerprint density at radius 2 is 1.84 bits per heavy atom. The molecule has 0 fully saturated rings. The van der Waals surface area contributed by atoms with E-state index in [1.165, 1.54) is 0 Å². The Hall–Kier alpha value is -3.87. The molecule has 7 nitrogen and oxygen atoms in total. The van der Waals surface area contributed by atoms with Crippen molar-refractivity contribution in [3.8, 4) is 0 Å². The molecule has 0 radical (unpaired) electrons. The minimum Gasteiger partial charge on any atom is -0.465 e. The topological polar surface area (TPSA) is 107 Å². The minimum atomic E-state index is -1.31. The molecule has 2 heterocycles. The number of nitrogens with one attached hydrogen (secondary N) is 3. The maximum absolute atomic E-state index is 13.0. The molecule has 0 saturated carbocycles. The summed E-state index contributed by atoms with van der Waals surface area (Å²) < 4.78 is 0. The summed E-state index contributed by atoms with van der Waals surface area (Å²) in [6, 6.07) is 19.5. The van der Waals surface area contributed by atoms with E-state index in [-0.39, 0.29) is 12.3 Å². The number of nitrogens with zero attached hydrogens (tertiary/aromatic N) is 1. The van der Waals surface area contributed by atoms with Crippen molar-refractivity contribution in [1.82, 2.24) is 20.6 Å². The van der Waals surface area contributed by atoms with Crippen LogP contribution in [0.3, 0.4) is 0 Å². The van der Waals surface area contributed by atoms with E-state index in [1.807, 2.05) is 66.9 Å². The molecule has 0 bridgehead atoms. The number of amides is 2. The van der Waals surface area contributed by atoms with Gasteiger partial charge in [-0.25, -0.2) is 4.79 Å². The van der Waals surface area contributed by atoms with E-state index in [2.05, 4.69) is 20.6 Å². The van der Waals surface area contributed by atoms with E-state index >= 15 is 0 Å². The van der Waals surface area contributed by atoms with Gasteiger partial charge in [-0.3, -0.25) is 9.78 Å². The predicted octanol–water partition coefficient (Wildman–Crippen LogP) is 3.64. The number of fused-ring (bicyclic) bond motifs is 2. The number of rotatable bonds is 7. The second-order valence-corrected chi connectivity index (χ2v) is 7.80. The lowest BCUT2D eigenvalue weighted by atomic mass is 9.91. The first kappa shape index (κ1) is 20.4. The Morgan fingerprint density at radius 1 is 1.06 bits per heavy atom. The molecule has 2 aromatic heterocycles. The number of carbonyl (C=O) groups excluding carboxylic acids is 1. The predicted molar refractivity (Wildman–Crippen MR) is 120 cm³/mol. The van der Waals surface area contributed by atoms with Crippen molar-refractivity contribution in [2.75, 3.05) is 6.54 Å². The van der Waals surface area contributed by atoms with Crippen molar-refractivity contribution >= 4 is 33.8 Å². The van der Waals surface area contributed by atoms with Gasteiger partial charge in [0.15, 0.2) is 0 Å². The molecule has 0 saturated heterocycles. The van der Waals surface area contributed by atoms with Crippen LogP contribution in [0.15, 0.2) is 66.9 Å². The number of aromatic nitrogens is 2. The monoisotopic (exact) mass is 416 g/mol. The van der Waals surface area contributed by atoms with Crippen LogP contribution in [-0.2, 0) is 17.6 Å². The van der Waals surface area contributed by atoms with Gasteiger partial charge in [0.05, 0.1) is 5.52 Å². The van der Waals surface area contributed by atoms with E-state index in [0.717, 1.165) is 33.1 Å². The average Bonchev–Trinajstić information content (AvgIpc) is 3.15. The molecule has 2 amide bonds. The Kier molecular flexibility index (Phi) is 5.58. The van der Waals surface area contributed by atoms with Crippen LogP contribution in [0.25, 0.3) is 21.8 Å². The van der Waals surface area contributed by atoms with Gasteiger partial charge in [0.1, 0.15) is 5.54 Å². The number of para-hydroxylation sites is 2. The highest BCUT2D eigenvalue weighted by Crippen LogP contribution is 2.23. The zero-order valence-corrected chi connectivity index (χ0v) is 17.2. The summed E-state index contributed by atoms with van der Waals surface area (Å²) in [4.78, 5) is 32.2. The van der Waals surface area contributed by atoms with Crippen LogP contribution in [0.5, 0.6) is 0 Å². The summed E-state index contributed by atoms with van der Waals surface area (Å²) in [6.07, 6.45) is 1.35. The van der Waals surface area contributed by atoms with Crippen LogP contribution < -0.4 is 10.6 Å². The Bertz CT molecular complexity index is 1250. The van der Waals surface area contributed by atoms with Crippen LogP contribution in [-0.4, -0.2) is 39.2 Å². The largest absolute Gasteiger partial charge is 0.465 e. The van der Waals surface area contributed by atoms with Crippen molar-refractivity contribution in [1.29, 1.82) is 0 Å². The first-order chi connectivity index (χ1) is 14.9. The number of aromatic amines is 1. The van der Waals surface area contributed by atoms with Crippen LogP contribution in [0, 0.1) is 0 Å². The van der Waals surface area contributed by atoms with Gasteiger partial charge in [-0.1, -0.05) is 42.5 Å². The summed E-state index contributed by atoms with van der Waals surface area (Å²) >= 11 is 0. The molecule has 1 atom stereocenters. The number of hydrogen-bond donors (Lipinski definition) is 4. The van der Waals surface area contributed by atoms with Crippen LogP contribution in [0.4, 0.5) is 4.79 Å². The lowest BCUT2D eigenvalue weighted by Gasteiger charge is -2.28. The minimum absolute atomic E-state index is 0.226. The molecular formula is C24H24N4O3. The number of carboxylic acid groups (broad SMARTS) is 1. The summed E-state index contributed by atoms with van der Waals surface area (Å²) in [5.41, 5.74) is 2.27. The van der Waals surface area contributed by atoms with Gasteiger partial charge in [-0.2, -0.15) is 0 Å². The number of hydrogen-bond acceptors (Lipinski definition) is 3. The zero-order valence-electron chi connectivity index (χ0n) is 17.2. The maximum Gasteiger partial charge on any atom is 0.405 e. The van der Waals surface area contributed by atoms with Crippen LogP contribution in [0.1, 0.15) is 18.2 Å². The molecule has 2 aromatic carbocycles. The molecule has 0 spiro atoms. The van der Waals surface area contributed by atoms with E-state index in [9.17, 15) is 14.7 Å². The number of benzene rings is 2. The van der Waals surface area contributed by atoms with Crippen molar-refractivity contribution in [3.05, 3.63) is 78.1 Å². The zero-order chi connectivity index (χ0) is 21.8. The van der Waals surface area contributed by atoms with Gasteiger partial charge >= 0.3 is 6.09 Å². The molecule has 0 aliphatic carbocycles. The standard InChI is InChI=1S/C24H24N4O3/c1-24(28-23(30)31,14-17-15-26-21-9-5-3-7-19(17)21)22(29)25-13-12-18-11-10-16-6-2-4-8-20(16)27-18/h2-11,15,26,28H,12-14H2,1H3,(H,25,29)(H,30,31). The molecule has 0 aliphatic heterocycles. The fourth-order valence-corrected chi connectivity index (χ4v) is 3.82. The highest BCUT2D eigenvalue weighted by atomic mass is 16.4. The summed E-state index contributed by atoms with van der Waals surface area (Å²) in [5, 5.41) is 16.6. The second kappa shape index (κ2) is 8.47. The van der Waals surface area contributed by atoms with Crippen LogP contribution in [0.2, 0.25) is 0 Å².